The minimum atomic E-state index is -3.04. The number of benzene rings is 1. The molecule has 0 bridgehead atoms. The van der Waals surface area contributed by atoms with Crippen LogP contribution in [0.4, 0.5) is 5.95 Å². The molecule has 2 aromatic rings. The van der Waals surface area contributed by atoms with E-state index in [1.807, 2.05) is 42.2 Å². The zero-order valence-electron chi connectivity index (χ0n) is 15.6. The van der Waals surface area contributed by atoms with Gasteiger partial charge in [-0.15, -0.1) is 0 Å². The summed E-state index contributed by atoms with van der Waals surface area (Å²) in [7, 11) is -1.40. The SMILES string of the molecule is CCN(Cc1ccccc1)c1ncc(C(=O)N(C)C2CCS(=O)(=O)C2)cn1. The van der Waals surface area contributed by atoms with Crippen LogP contribution in [0.5, 0.6) is 0 Å². The van der Waals surface area contributed by atoms with Gasteiger partial charge in [0.15, 0.2) is 9.84 Å². The number of amides is 1. The number of hydrogen-bond donors (Lipinski definition) is 0. The highest BCUT2D eigenvalue weighted by Crippen LogP contribution is 2.19. The van der Waals surface area contributed by atoms with Crippen LogP contribution in [-0.4, -0.2) is 60.3 Å². The first kappa shape index (κ1) is 19.3. The van der Waals surface area contributed by atoms with Gasteiger partial charge in [-0.05, 0) is 18.9 Å². The Morgan fingerprint density at radius 3 is 2.41 bits per heavy atom. The van der Waals surface area contributed by atoms with Crippen LogP contribution < -0.4 is 4.90 Å². The first-order valence-corrected chi connectivity index (χ1v) is 10.8. The predicted octanol–water partition coefficient (Wildman–Crippen LogP) is 1.76. The van der Waals surface area contributed by atoms with Gasteiger partial charge in [0.05, 0.1) is 17.1 Å². The van der Waals surface area contributed by atoms with Crippen LogP contribution in [0, 0.1) is 0 Å². The van der Waals surface area contributed by atoms with E-state index in [9.17, 15) is 13.2 Å². The van der Waals surface area contributed by atoms with E-state index in [0.717, 1.165) is 12.1 Å². The Bertz CT molecular complexity index is 885. The van der Waals surface area contributed by atoms with Crippen molar-refractivity contribution in [2.75, 3.05) is 30.0 Å². The van der Waals surface area contributed by atoms with Gasteiger partial charge >= 0.3 is 0 Å². The number of anilines is 1. The van der Waals surface area contributed by atoms with E-state index < -0.39 is 9.84 Å². The fourth-order valence-electron chi connectivity index (χ4n) is 3.17. The second-order valence-corrected chi connectivity index (χ2v) is 8.97. The Balaban J connectivity index is 1.69. The van der Waals surface area contributed by atoms with Gasteiger partial charge in [0.1, 0.15) is 0 Å². The average molecular weight is 388 g/mol. The van der Waals surface area contributed by atoms with E-state index in [2.05, 4.69) is 9.97 Å². The maximum atomic E-state index is 12.6. The number of rotatable bonds is 6. The maximum absolute atomic E-state index is 12.6. The molecule has 1 amide bonds. The second-order valence-electron chi connectivity index (χ2n) is 6.74. The third-order valence-electron chi connectivity index (χ3n) is 4.84. The van der Waals surface area contributed by atoms with Crippen molar-refractivity contribution < 1.29 is 13.2 Å². The molecule has 3 rings (SSSR count). The lowest BCUT2D eigenvalue weighted by Gasteiger charge is -2.24. The third-order valence-corrected chi connectivity index (χ3v) is 6.59. The van der Waals surface area contributed by atoms with Gasteiger partial charge in [-0.1, -0.05) is 30.3 Å². The number of nitrogens with zero attached hydrogens (tertiary/aromatic N) is 4. The molecule has 7 nitrogen and oxygen atoms in total. The third kappa shape index (κ3) is 4.63. The molecule has 0 aliphatic carbocycles. The van der Waals surface area contributed by atoms with Crippen molar-refractivity contribution in [1.29, 1.82) is 0 Å². The molecule has 1 aliphatic heterocycles. The van der Waals surface area contributed by atoms with Gasteiger partial charge in [0, 0.05) is 38.6 Å². The molecule has 0 spiro atoms. The van der Waals surface area contributed by atoms with Crippen LogP contribution in [0.1, 0.15) is 29.3 Å². The molecule has 1 aromatic heterocycles. The van der Waals surface area contributed by atoms with Crippen molar-refractivity contribution in [3.05, 3.63) is 53.9 Å². The quantitative estimate of drug-likeness (QED) is 0.750. The van der Waals surface area contributed by atoms with Crippen LogP contribution in [-0.2, 0) is 16.4 Å². The Kier molecular flexibility index (Phi) is 5.74. The van der Waals surface area contributed by atoms with Gasteiger partial charge in [0.2, 0.25) is 5.95 Å². The summed E-state index contributed by atoms with van der Waals surface area (Å²) in [4.78, 5) is 24.8. The number of hydrogen-bond acceptors (Lipinski definition) is 6. The Labute approximate surface area is 160 Å². The first-order chi connectivity index (χ1) is 12.9. The highest BCUT2D eigenvalue weighted by atomic mass is 32.2. The molecule has 1 atom stereocenters. The van der Waals surface area contributed by atoms with E-state index in [0.29, 0.717) is 24.5 Å². The largest absolute Gasteiger partial charge is 0.338 e. The van der Waals surface area contributed by atoms with E-state index in [1.165, 1.54) is 17.3 Å². The van der Waals surface area contributed by atoms with Gasteiger partial charge in [-0.2, -0.15) is 0 Å². The lowest BCUT2D eigenvalue weighted by molar-refractivity contribution is 0.0747. The van der Waals surface area contributed by atoms with Gasteiger partial charge in [-0.3, -0.25) is 4.79 Å². The molecule has 144 valence electrons. The molecule has 0 radical (unpaired) electrons. The molecular weight excluding hydrogens is 364 g/mol. The van der Waals surface area contributed by atoms with E-state index in [1.54, 1.807) is 7.05 Å². The van der Waals surface area contributed by atoms with Crippen molar-refractivity contribution in [2.24, 2.45) is 0 Å². The summed E-state index contributed by atoms with van der Waals surface area (Å²) in [6.45, 7) is 3.45. The number of carbonyl (C=O) groups excluding carboxylic acids is 1. The van der Waals surface area contributed by atoms with E-state index >= 15 is 0 Å². The van der Waals surface area contributed by atoms with Gasteiger partial charge in [0.25, 0.3) is 5.91 Å². The number of carbonyl (C=O) groups is 1. The summed E-state index contributed by atoms with van der Waals surface area (Å²) in [5.41, 5.74) is 1.52. The van der Waals surface area contributed by atoms with Crippen molar-refractivity contribution >= 4 is 21.7 Å². The zero-order chi connectivity index (χ0) is 19.4. The molecule has 1 fully saturated rings. The first-order valence-electron chi connectivity index (χ1n) is 8.98. The summed E-state index contributed by atoms with van der Waals surface area (Å²) in [6.07, 6.45) is 3.50. The lowest BCUT2D eigenvalue weighted by atomic mass is 10.2. The summed E-state index contributed by atoms with van der Waals surface area (Å²) >= 11 is 0. The zero-order valence-corrected chi connectivity index (χ0v) is 16.4. The Morgan fingerprint density at radius 1 is 1.19 bits per heavy atom. The van der Waals surface area contributed by atoms with E-state index in [-0.39, 0.29) is 23.5 Å². The summed E-state index contributed by atoms with van der Waals surface area (Å²) in [5.74, 6) is 0.462. The highest BCUT2D eigenvalue weighted by Gasteiger charge is 2.33. The summed E-state index contributed by atoms with van der Waals surface area (Å²) in [5, 5.41) is 0. The minimum absolute atomic E-state index is 0.0227. The van der Waals surface area contributed by atoms with Crippen molar-refractivity contribution in [3.8, 4) is 0 Å². The molecular formula is C19H24N4O3S. The lowest BCUT2D eigenvalue weighted by Crippen LogP contribution is -2.38. The Morgan fingerprint density at radius 2 is 1.85 bits per heavy atom. The number of aromatic nitrogens is 2. The molecule has 27 heavy (non-hydrogen) atoms. The second kappa shape index (κ2) is 8.04. The van der Waals surface area contributed by atoms with Crippen LogP contribution >= 0.6 is 0 Å². The molecule has 2 heterocycles. The van der Waals surface area contributed by atoms with Crippen LogP contribution in [0.25, 0.3) is 0 Å². The van der Waals surface area contributed by atoms with E-state index in [4.69, 9.17) is 0 Å². The number of sulfone groups is 1. The molecule has 0 N–H and O–H groups in total. The minimum Gasteiger partial charge on any atom is -0.338 e. The standard InChI is InChI=1S/C19H24N4O3S/c1-3-23(13-15-7-5-4-6-8-15)19-20-11-16(12-21-19)18(24)22(2)17-9-10-27(25,26)14-17/h4-8,11-12,17H,3,9-10,13-14H2,1-2H3. The van der Waals surface area contributed by atoms with Crippen molar-refractivity contribution in [1.82, 2.24) is 14.9 Å². The van der Waals surface area contributed by atoms with Crippen molar-refractivity contribution in [3.63, 3.8) is 0 Å². The highest BCUT2D eigenvalue weighted by molar-refractivity contribution is 7.91. The fraction of sp³-hybridized carbons (Fsp3) is 0.421. The molecule has 8 heteroatoms. The summed E-state index contributed by atoms with van der Waals surface area (Å²) < 4.78 is 23.3. The van der Waals surface area contributed by atoms with Gasteiger partial charge in [-0.25, -0.2) is 18.4 Å². The molecule has 1 aliphatic rings. The molecule has 0 saturated carbocycles. The van der Waals surface area contributed by atoms with Crippen LogP contribution in [0.15, 0.2) is 42.7 Å². The smallest absolute Gasteiger partial charge is 0.257 e. The van der Waals surface area contributed by atoms with Gasteiger partial charge < -0.3 is 9.80 Å². The fourth-order valence-corrected chi connectivity index (χ4v) is 4.95. The topological polar surface area (TPSA) is 83.5 Å². The average Bonchev–Trinajstić information content (AvgIpc) is 3.05. The Hall–Kier alpha value is -2.48. The summed E-state index contributed by atoms with van der Waals surface area (Å²) in [6, 6.07) is 9.77. The normalized spacial score (nSPS) is 18.2. The monoisotopic (exact) mass is 388 g/mol. The molecule has 1 saturated heterocycles. The predicted molar refractivity (Wildman–Crippen MR) is 104 cm³/mol. The van der Waals surface area contributed by atoms with Crippen LogP contribution in [0.3, 0.4) is 0 Å². The molecule has 1 unspecified atom stereocenters. The van der Waals surface area contributed by atoms with Crippen LogP contribution in [0.2, 0.25) is 0 Å². The molecule has 1 aromatic carbocycles. The van der Waals surface area contributed by atoms with Crippen molar-refractivity contribution in [2.45, 2.75) is 25.9 Å². The maximum Gasteiger partial charge on any atom is 0.257 e.